The van der Waals surface area contributed by atoms with Gasteiger partial charge in [-0.1, -0.05) is 115 Å². The summed E-state index contributed by atoms with van der Waals surface area (Å²) >= 11 is 1.86. The first-order chi connectivity index (χ1) is 26.3. The van der Waals surface area contributed by atoms with Crippen LogP contribution in [0.5, 0.6) is 0 Å². The van der Waals surface area contributed by atoms with Crippen molar-refractivity contribution in [1.29, 1.82) is 0 Å². The molecule has 248 valence electrons. The molecule has 11 aromatic rings. The Bertz CT molecular complexity index is 3270. The lowest BCUT2D eigenvalue weighted by atomic mass is 9.89. The van der Waals surface area contributed by atoms with Gasteiger partial charge in [-0.2, -0.15) is 0 Å². The summed E-state index contributed by atoms with van der Waals surface area (Å²) in [5.74, 6) is 0.214. The van der Waals surface area contributed by atoms with Gasteiger partial charge in [-0.3, -0.25) is 0 Å². The Morgan fingerprint density at radius 2 is 1.26 bits per heavy atom. The molecular formula is C50H31NOS. The molecule has 0 saturated carbocycles. The second kappa shape index (κ2) is 11.0. The van der Waals surface area contributed by atoms with E-state index in [1.807, 2.05) is 11.3 Å². The van der Waals surface area contributed by atoms with Gasteiger partial charge in [-0.15, -0.1) is 11.3 Å². The summed E-state index contributed by atoms with van der Waals surface area (Å²) in [5, 5.41) is 7.60. The SMILES string of the molecule is c1ccc(-n2c3ccccc3c3c4c(ccc32)[C@H](Cc2cccc3c2oc2cc(-c5ccc6sc7ccccc7c6c5)ccc23)c2ccccc2-4)cc1. The molecule has 53 heavy (non-hydrogen) atoms. The largest absolute Gasteiger partial charge is 0.456 e. The Labute approximate surface area is 309 Å². The van der Waals surface area contributed by atoms with Crippen molar-refractivity contribution in [2.24, 2.45) is 0 Å². The fourth-order valence-corrected chi connectivity index (χ4v) is 10.3. The van der Waals surface area contributed by atoms with E-state index in [2.05, 4.69) is 174 Å². The predicted molar refractivity (Wildman–Crippen MR) is 224 cm³/mol. The first kappa shape index (κ1) is 29.2. The van der Waals surface area contributed by atoms with Crippen LogP contribution in [-0.4, -0.2) is 4.57 Å². The van der Waals surface area contributed by atoms with E-state index in [1.54, 1.807) is 0 Å². The lowest BCUT2D eigenvalue weighted by Crippen LogP contribution is -2.02. The van der Waals surface area contributed by atoms with Crippen molar-refractivity contribution < 1.29 is 4.42 Å². The van der Waals surface area contributed by atoms with Gasteiger partial charge in [0, 0.05) is 53.3 Å². The molecule has 0 aliphatic heterocycles. The molecule has 0 saturated heterocycles. The Balaban J connectivity index is 0.996. The molecule has 0 spiro atoms. The van der Waals surface area contributed by atoms with Crippen molar-refractivity contribution in [3.05, 3.63) is 187 Å². The number of aromatic nitrogens is 1. The van der Waals surface area contributed by atoms with Crippen LogP contribution < -0.4 is 0 Å². The molecule has 3 heterocycles. The van der Waals surface area contributed by atoms with Crippen molar-refractivity contribution in [2.75, 3.05) is 0 Å². The van der Waals surface area contributed by atoms with Crippen LogP contribution in [0.2, 0.25) is 0 Å². The van der Waals surface area contributed by atoms with Crippen LogP contribution >= 0.6 is 11.3 Å². The standard InChI is InChI=1S/C50H31NOS/c1-2-12-33(13-3-1)51-43-19-8-6-17-40(43)49-44(51)25-24-38-41(34-14-4-5-16-37(34)48(38)49)28-32-11-10-18-39-35-23-21-31(29-45(35)52-50(32)39)30-22-26-47-42(27-30)36-15-7-9-20-46(36)53-47/h1-27,29,41H,28H2/t41-/m1/s1. The van der Waals surface area contributed by atoms with Gasteiger partial charge in [0.05, 0.1) is 11.0 Å². The molecule has 0 amide bonds. The van der Waals surface area contributed by atoms with E-state index >= 15 is 0 Å². The van der Waals surface area contributed by atoms with Gasteiger partial charge in [-0.25, -0.2) is 0 Å². The Hall–Kier alpha value is -6.42. The first-order valence-corrected chi connectivity index (χ1v) is 19.2. The summed E-state index contributed by atoms with van der Waals surface area (Å²) in [6.07, 6.45) is 0.860. The molecule has 3 heteroatoms. The van der Waals surface area contributed by atoms with Crippen LogP contribution in [0.4, 0.5) is 0 Å². The average Bonchev–Trinajstić information content (AvgIpc) is 3.96. The van der Waals surface area contributed by atoms with Gasteiger partial charge in [0.15, 0.2) is 0 Å². The zero-order valence-electron chi connectivity index (χ0n) is 28.7. The smallest absolute Gasteiger partial charge is 0.138 e. The number of benzene rings is 8. The molecule has 12 rings (SSSR count). The van der Waals surface area contributed by atoms with Crippen molar-refractivity contribution in [2.45, 2.75) is 12.3 Å². The second-order valence-corrected chi connectivity index (χ2v) is 15.5. The minimum atomic E-state index is 0.214. The molecule has 1 atom stereocenters. The van der Waals surface area contributed by atoms with Crippen LogP contribution in [0.3, 0.4) is 0 Å². The van der Waals surface area contributed by atoms with Crippen LogP contribution in [-0.2, 0) is 6.42 Å². The van der Waals surface area contributed by atoms with Crippen molar-refractivity contribution in [3.8, 4) is 27.9 Å². The van der Waals surface area contributed by atoms with E-state index in [-0.39, 0.29) is 5.92 Å². The van der Waals surface area contributed by atoms with Crippen molar-refractivity contribution >= 4 is 75.3 Å². The maximum atomic E-state index is 6.85. The Morgan fingerprint density at radius 3 is 2.21 bits per heavy atom. The normalized spacial score (nSPS) is 13.9. The lowest BCUT2D eigenvalue weighted by Gasteiger charge is -2.15. The summed E-state index contributed by atoms with van der Waals surface area (Å²) in [4.78, 5) is 0. The average molecular weight is 694 g/mol. The fraction of sp³-hybridized carbons (Fsp3) is 0.0400. The summed E-state index contributed by atoms with van der Waals surface area (Å²) in [6.45, 7) is 0. The number of nitrogens with zero attached hydrogens (tertiary/aromatic N) is 1. The van der Waals surface area contributed by atoms with E-state index in [4.69, 9.17) is 4.42 Å². The molecule has 0 bridgehead atoms. The molecule has 2 nitrogen and oxygen atoms in total. The van der Waals surface area contributed by atoms with E-state index < -0.39 is 0 Å². The van der Waals surface area contributed by atoms with Gasteiger partial charge in [-0.05, 0) is 100.0 Å². The topological polar surface area (TPSA) is 18.1 Å². The number of thiophene rings is 1. The molecule has 1 aliphatic rings. The fourth-order valence-electron chi connectivity index (χ4n) is 9.25. The third-order valence-electron chi connectivity index (χ3n) is 11.6. The molecular weight excluding hydrogens is 663 g/mol. The molecule has 8 aromatic carbocycles. The van der Waals surface area contributed by atoms with E-state index in [0.717, 1.165) is 23.0 Å². The number of hydrogen-bond donors (Lipinski definition) is 0. The van der Waals surface area contributed by atoms with Gasteiger partial charge < -0.3 is 8.98 Å². The molecule has 0 unspecified atom stereocenters. The van der Waals surface area contributed by atoms with Crippen LogP contribution in [0.25, 0.3) is 91.9 Å². The third kappa shape index (κ3) is 4.20. The first-order valence-electron chi connectivity index (χ1n) is 18.3. The monoisotopic (exact) mass is 693 g/mol. The Morgan fingerprint density at radius 1 is 0.509 bits per heavy atom. The summed E-state index contributed by atoms with van der Waals surface area (Å²) < 4.78 is 11.9. The minimum absolute atomic E-state index is 0.214. The molecule has 3 aromatic heterocycles. The van der Waals surface area contributed by atoms with E-state index in [0.29, 0.717) is 0 Å². The van der Waals surface area contributed by atoms with Gasteiger partial charge >= 0.3 is 0 Å². The van der Waals surface area contributed by atoms with Crippen LogP contribution in [0.1, 0.15) is 22.6 Å². The number of hydrogen-bond acceptors (Lipinski definition) is 2. The van der Waals surface area contributed by atoms with E-state index in [1.165, 1.54) is 92.0 Å². The number of rotatable bonds is 4. The van der Waals surface area contributed by atoms with Crippen molar-refractivity contribution in [3.63, 3.8) is 0 Å². The number of fused-ring (bicyclic) bond motifs is 13. The quantitative estimate of drug-likeness (QED) is 0.179. The highest BCUT2D eigenvalue weighted by Gasteiger charge is 2.32. The van der Waals surface area contributed by atoms with Crippen molar-refractivity contribution in [1.82, 2.24) is 4.57 Å². The predicted octanol–water partition coefficient (Wildman–Crippen LogP) is 14.1. The van der Waals surface area contributed by atoms with Crippen LogP contribution in [0, 0.1) is 0 Å². The summed E-state index contributed by atoms with van der Waals surface area (Å²) in [5.41, 5.74) is 14.7. The Kier molecular flexibility index (Phi) is 6.08. The van der Waals surface area contributed by atoms with Gasteiger partial charge in [0.25, 0.3) is 0 Å². The molecule has 0 radical (unpaired) electrons. The lowest BCUT2D eigenvalue weighted by molar-refractivity contribution is 0.659. The third-order valence-corrected chi connectivity index (χ3v) is 12.7. The van der Waals surface area contributed by atoms with E-state index in [9.17, 15) is 0 Å². The molecule has 0 fully saturated rings. The highest BCUT2D eigenvalue weighted by atomic mass is 32.1. The highest BCUT2D eigenvalue weighted by molar-refractivity contribution is 7.25. The maximum Gasteiger partial charge on any atom is 0.138 e. The number of furan rings is 1. The molecule has 1 aliphatic carbocycles. The second-order valence-electron chi connectivity index (χ2n) is 14.4. The van der Waals surface area contributed by atoms with Gasteiger partial charge in [0.2, 0.25) is 0 Å². The summed E-state index contributed by atoms with van der Waals surface area (Å²) in [6, 6.07) is 62.3. The van der Waals surface area contributed by atoms with Gasteiger partial charge in [0.1, 0.15) is 11.2 Å². The highest BCUT2D eigenvalue weighted by Crippen LogP contribution is 2.52. The zero-order valence-corrected chi connectivity index (χ0v) is 29.5. The van der Waals surface area contributed by atoms with Crippen LogP contribution in [0.15, 0.2) is 174 Å². The zero-order chi connectivity index (χ0) is 34.6. The summed E-state index contributed by atoms with van der Waals surface area (Å²) in [7, 11) is 0. The number of para-hydroxylation sites is 3. The maximum absolute atomic E-state index is 6.85. The minimum Gasteiger partial charge on any atom is -0.456 e. The molecule has 0 N–H and O–H groups in total.